The summed E-state index contributed by atoms with van der Waals surface area (Å²) in [5, 5.41) is 8.11. The first-order valence-electron chi connectivity index (χ1n) is 11.3. The number of halogens is 4. The molecule has 3 aromatic rings. The zero-order valence-electron chi connectivity index (χ0n) is 19.9. The molecule has 1 aliphatic rings. The maximum Gasteiger partial charge on any atom is 0.418 e. The molecule has 10 nitrogen and oxygen atoms in total. The zero-order chi connectivity index (χ0) is 27.3. The number of hydrogen-bond donors (Lipinski definition) is 3. The average molecular weight is 595 g/mol. The number of ether oxygens (including phenoxy) is 2. The number of hydrogen-bond acceptors (Lipinski definition) is 8. The number of nitrogens with one attached hydrogen (secondary N) is 3. The Bertz CT molecular complexity index is 1290. The van der Waals surface area contributed by atoms with Crippen LogP contribution in [0.3, 0.4) is 0 Å². The van der Waals surface area contributed by atoms with Crippen molar-refractivity contribution in [1.29, 1.82) is 0 Å². The van der Waals surface area contributed by atoms with E-state index in [1.165, 1.54) is 37.1 Å². The molecule has 4 rings (SSSR count). The van der Waals surface area contributed by atoms with Gasteiger partial charge in [-0.15, -0.1) is 0 Å². The van der Waals surface area contributed by atoms with Crippen LogP contribution in [0.15, 0.2) is 59.7 Å². The Morgan fingerprint density at radius 2 is 1.92 bits per heavy atom. The number of rotatable bonds is 7. The van der Waals surface area contributed by atoms with Crippen molar-refractivity contribution in [1.82, 2.24) is 25.6 Å². The second-order valence-corrected chi connectivity index (χ2v) is 9.37. The number of pyridine rings is 1. The molecule has 0 radical (unpaired) electrons. The molecule has 14 heteroatoms. The third-order valence-corrected chi connectivity index (χ3v) is 6.18. The van der Waals surface area contributed by atoms with Crippen LogP contribution >= 0.6 is 15.9 Å². The highest BCUT2D eigenvalue weighted by molar-refractivity contribution is 9.10. The Hall–Kier alpha value is -3.78. The predicted molar refractivity (Wildman–Crippen MR) is 133 cm³/mol. The second kappa shape index (κ2) is 11.3. The lowest BCUT2D eigenvalue weighted by molar-refractivity contribution is -0.137. The highest BCUT2D eigenvalue weighted by Gasteiger charge is 2.45. The summed E-state index contributed by atoms with van der Waals surface area (Å²) >= 11 is 3.06. The van der Waals surface area contributed by atoms with Crippen LogP contribution in [-0.4, -0.2) is 45.7 Å². The molecule has 2 amide bonds. The van der Waals surface area contributed by atoms with E-state index in [2.05, 4.69) is 46.8 Å². The second-order valence-electron chi connectivity index (χ2n) is 8.45. The topological polar surface area (TPSA) is 127 Å². The maximum atomic E-state index is 13.4. The third kappa shape index (κ3) is 6.55. The zero-order valence-corrected chi connectivity index (χ0v) is 21.5. The molecule has 200 valence electrons. The van der Waals surface area contributed by atoms with Crippen molar-refractivity contribution in [3.8, 4) is 5.75 Å². The van der Waals surface area contributed by atoms with Crippen LogP contribution in [0, 0.1) is 0 Å². The number of anilines is 2. The predicted octanol–water partition coefficient (Wildman–Crippen LogP) is 4.52. The molecular formula is C24H22BrF3N6O4. The van der Waals surface area contributed by atoms with E-state index >= 15 is 0 Å². The standard InChI is InChI=1S/C24H22BrF3N6O4/c1-14(19-5-3-16(9-31-19)33-20-4-2-15(25)8-18(20)24(26,27)28)32-21(35)23(6-7-37-12-23)34-22(36)38-17-10-29-13-30-11-17/h2-5,8-11,13-14,33H,6-7,12H2,1H3,(H,32,35)(H,34,36). The fraction of sp³-hybridized carbons (Fsp3) is 0.292. The molecular weight excluding hydrogens is 573 g/mol. The number of amides is 2. The van der Waals surface area contributed by atoms with Gasteiger partial charge in [0.25, 0.3) is 0 Å². The highest BCUT2D eigenvalue weighted by atomic mass is 79.9. The Morgan fingerprint density at radius 3 is 2.55 bits per heavy atom. The molecule has 2 unspecified atom stereocenters. The smallest absolute Gasteiger partial charge is 0.407 e. The fourth-order valence-electron chi connectivity index (χ4n) is 3.73. The molecule has 3 heterocycles. The van der Waals surface area contributed by atoms with Crippen LogP contribution in [0.2, 0.25) is 0 Å². The number of nitrogens with zero attached hydrogens (tertiary/aromatic N) is 3. The van der Waals surface area contributed by atoms with E-state index in [4.69, 9.17) is 9.47 Å². The first kappa shape index (κ1) is 27.3. The van der Waals surface area contributed by atoms with Crippen LogP contribution < -0.4 is 20.7 Å². The van der Waals surface area contributed by atoms with Gasteiger partial charge in [0, 0.05) is 17.5 Å². The lowest BCUT2D eigenvalue weighted by Crippen LogP contribution is -2.60. The summed E-state index contributed by atoms with van der Waals surface area (Å²) in [6.45, 7) is 1.88. The number of aromatic nitrogens is 3. The molecule has 1 aliphatic heterocycles. The minimum Gasteiger partial charge on any atom is -0.407 e. The molecule has 1 fully saturated rings. The van der Waals surface area contributed by atoms with E-state index < -0.39 is 35.3 Å². The number of alkyl halides is 3. The van der Waals surface area contributed by atoms with Crippen LogP contribution in [0.1, 0.15) is 30.6 Å². The summed E-state index contributed by atoms with van der Waals surface area (Å²) in [4.78, 5) is 37.4. The summed E-state index contributed by atoms with van der Waals surface area (Å²) in [7, 11) is 0. The first-order valence-corrected chi connectivity index (χ1v) is 12.1. The quantitative estimate of drug-likeness (QED) is 0.364. The van der Waals surface area contributed by atoms with E-state index in [9.17, 15) is 22.8 Å². The minimum absolute atomic E-state index is 0.0586. The monoisotopic (exact) mass is 594 g/mol. The first-order chi connectivity index (χ1) is 18.1. The molecule has 0 saturated carbocycles. The summed E-state index contributed by atoms with van der Waals surface area (Å²) in [6, 6.07) is 6.34. The molecule has 2 atom stereocenters. The number of benzene rings is 1. The van der Waals surface area contributed by atoms with Crippen molar-refractivity contribution in [3.05, 3.63) is 71.0 Å². The SMILES string of the molecule is CC(NC(=O)C1(NC(=O)Oc2cncnc2)CCOC1)c1ccc(Nc2ccc(Br)cc2C(F)(F)F)cn1. The number of carbonyl (C=O) groups is 2. The van der Waals surface area contributed by atoms with Gasteiger partial charge in [-0.25, -0.2) is 14.8 Å². The van der Waals surface area contributed by atoms with Gasteiger partial charge in [0.1, 0.15) is 11.9 Å². The van der Waals surface area contributed by atoms with Crippen molar-refractivity contribution in [2.75, 3.05) is 18.5 Å². The maximum absolute atomic E-state index is 13.4. The molecule has 1 saturated heterocycles. The van der Waals surface area contributed by atoms with Crippen LogP contribution in [0.4, 0.5) is 29.3 Å². The van der Waals surface area contributed by atoms with Gasteiger partial charge in [-0.3, -0.25) is 9.78 Å². The van der Waals surface area contributed by atoms with Crippen molar-refractivity contribution in [2.45, 2.75) is 31.1 Å². The number of carbonyl (C=O) groups excluding carboxylic acids is 2. The van der Waals surface area contributed by atoms with E-state index in [0.29, 0.717) is 15.9 Å². The lowest BCUT2D eigenvalue weighted by Gasteiger charge is -2.28. The molecule has 2 aromatic heterocycles. The minimum atomic E-state index is -4.55. The fourth-order valence-corrected chi connectivity index (χ4v) is 4.09. The van der Waals surface area contributed by atoms with Gasteiger partial charge in [-0.2, -0.15) is 13.2 Å². The average Bonchev–Trinajstić information content (AvgIpc) is 3.35. The van der Waals surface area contributed by atoms with Gasteiger partial charge in [0.2, 0.25) is 5.91 Å². The van der Waals surface area contributed by atoms with Crippen LogP contribution in [-0.2, 0) is 15.7 Å². The van der Waals surface area contributed by atoms with Gasteiger partial charge >= 0.3 is 12.3 Å². The van der Waals surface area contributed by atoms with E-state index in [1.807, 2.05) is 0 Å². The summed E-state index contributed by atoms with van der Waals surface area (Å²) < 4.78 is 51.0. The van der Waals surface area contributed by atoms with Crippen molar-refractivity contribution in [2.24, 2.45) is 0 Å². The Balaban J connectivity index is 1.41. The van der Waals surface area contributed by atoms with Crippen LogP contribution in [0.25, 0.3) is 0 Å². The molecule has 0 bridgehead atoms. The molecule has 38 heavy (non-hydrogen) atoms. The molecule has 1 aromatic carbocycles. The van der Waals surface area contributed by atoms with Gasteiger partial charge in [-0.1, -0.05) is 15.9 Å². The van der Waals surface area contributed by atoms with E-state index in [-0.39, 0.29) is 31.1 Å². The van der Waals surface area contributed by atoms with Gasteiger partial charge in [0.05, 0.1) is 53.9 Å². The third-order valence-electron chi connectivity index (χ3n) is 5.69. The normalized spacial score (nSPS) is 17.9. The summed E-state index contributed by atoms with van der Waals surface area (Å²) in [5.41, 5.74) is -1.53. The Labute approximate surface area is 223 Å². The largest absolute Gasteiger partial charge is 0.418 e. The highest BCUT2D eigenvalue weighted by Crippen LogP contribution is 2.37. The summed E-state index contributed by atoms with van der Waals surface area (Å²) in [5.74, 6) is -0.395. The van der Waals surface area contributed by atoms with Crippen LogP contribution in [0.5, 0.6) is 5.75 Å². The van der Waals surface area contributed by atoms with Gasteiger partial charge in [-0.05, 0) is 37.3 Å². The molecule has 0 spiro atoms. The van der Waals surface area contributed by atoms with Crippen molar-refractivity contribution in [3.63, 3.8) is 0 Å². The summed E-state index contributed by atoms with van der Waals surface area (Å²) in [6.07, 6.45) is 0.0574. The van der Waals surface area contributed by atoms with Crippen molar-refractivity contribution < 1.29 is 32.2 Å². The Kier molecular flexibility index (Phi) is 8.11. The lowest BCUT2D eigenvalue weighted by atomic mass is 9.97. The molecule has 0 aliphatic carbocycles. The van der Waals surface area contributed by atoms with Crippen molar-refractivity contribution >= 4 is 39.3 Å². The Morgan fingerprint density at radius 1 is 1.16 bits per heavy atom. The van der Waals surface area contributed by atoms with E-state index in [1.54, 1.807) is 19.1 Å². The molecule has 3 N–H and O–H groups in total. The van der Waals surface area contributed by atoms with E-state index in [0.717, 1.165) is 6.07 Å². The van der Waals surface area contributed by atoms with Gasteiger partial charge < -0.3 is 25.4 Å². The van der Waals surface area contributed by atoms with Gasteiger partial charge in [0.15, 0.2) is 5.75 Å².